The fraction of sp³-hybridized carbons (Fsp3) is 0.947. The third kappa shape index (κ3) is 51.3. The van der Waals surface area contributed by atoms with Crippen molar-refractivity contribution in [1.82, 2.24) is 0 Å². The van der Waals surface area contributed by atoms with Crippen LogP contribution in [0.15, 0.2) is 0 Å². The molecule has 6 nitrogen and oxygen atoms in total. The van der Waals surface area contributed by atoms with Crippen LogP contribution in [0.2, 0.25) is 0 Å². The van der Waals surface area contributed by atoms with Crippen molar-refractivity contribution >= 4 is 17.9 Å². The molecule has 0 N–H and O–H groups in total. The Morgan fingerprint density at radius 3 is 0.778 bits per heavy atom. The van der Waals surface area contributed by atoms with Gasteiger partial charge in [-0.1, -0.05) is 279 Å². The highest BCUT2D eigenvalue weighted by Crippen LogP contribution is 2.18. The molecular formula is C57H110O6. The summed E-state index contributed by atoms with van der Waals surface area (Å²) in [5.74, 6) is 0.776. The molecule has 0 aliphatic heterocycles. The monoisotopic (exact) mass is 891 g/mol. The second-order valence-electron chi connectivity index (χ2n) is 20.5. The summed E-state index contributed by atoms with van der Waals surface area (Å²) >= 11 is 0. The average molecular weight is 892 g/mol. The van der Waals surface area contributed by atoms with Gasteiger partial charge in [0.1, 0.15) is 13.2 Å². The average Bonchev–Trinajstić information content (AvgIpc) is 3.25. The van der Waals surface area contributed by atoms with Gasteiger partial charge in [-0.3, -0.25) is 14.4 Å². The first-order valence-corrected chi connectivity index (χ1v) is 28.2. The molecule has 0 saturated heterocycles. The number of rotatable bonds is 51. The van der Waals surface area contributed by atoms with Crippen molar-refractivity contribution in [1.29, 1.82) is 0 Å². The van der Waals surface area contributed by atoms with Crippen LogP contribution < -0.4 is 0 Å². The summed E-state index contributed by atoms with van der Waals surface area (Å²) in [6, 6.07) is 0. The quantitative estimate of drug-likeness (QED) is 0.0344. The fourth-order valence-electron chi connectivity index (χ4n) is 8.70. The van der Waals surface area contributed by atoms with E-state index >= 15 is 0 Å². The molecule has 6 heteroatoms. The van der Waals surface area contributed by atoms with E-state index in [-0.39, 0.29) is 31.1 Å². The molecule has 0 unspecified atom stereocenters. The van der Waals surface area contributed by atoms with E-state index in [1.165, 1.54) is 205 Å². The van der Waals surface area contributed by atoms with E-state index in [2.05, 4.69) is 34.6 Å². The largest absolute Gasteiger partial charge is 0.462 e. The summed E-state index contributed by atoms with van der Waals surface area (Å²) in [6.07, 6.45) is 52.5. The lowest BCUT2D eigenvalue weighted by atomic mass is 10.0. The number of carbonyl (C=O) groups excluding carboxylic acids is 3. The van der Waals surface area contributed by atoms with Crippen LogP contribution in [0.5, 0.6) is 0 Å². The lowest BCUT2D eigenvalue weighted by Crippen LogP contribution is -2.30. The van der Waals surface area contributed by atoms with Crippen LogP contribution in [0.1, 0.15) is 317 Å². The smallest absolute Gasteiger partial charge is 0.306 e. The lowest BCUT2D eigenvalue weighted by Gasteiger charge is -2.18. The zero-order valence-corrected chi connectivity index (χ0v) is 43.2. The molecule has 0 saturated carbocycles. The molecule has 0 fully saturated rings. The Morgan fingerprint density at radius 2 is 0.524 bits per heavy atom. The second kappa shape index (κ2) is 49.8. The molecule has 0 aromatic heterocycles. The highest BCUT2D eigenvalue weighted by atomic mass is 16.6. The van der Waals surface area contributed by atoms with Crippen molar-refractivity contribution < 1.29 is 28.6 Å². The summed E-state index contributed by atoms with van der Waals surface area (Å²) in [4.78, 5) is 38.0. The Kier molecular flexibility index (Phi) is 48.6. The van der Waals surface area contributed by atoms with Gasteiger partial charge in [0, 0.05) is 19.3 Å². The van der Waals surface area contributed by atoms with E-state index in [1.807, 2.05) is 0 Å². The van der Waals surface area contributed by atoms with Crippen LogP contribution >= 0.6 is 0 Å². The van der Waals surface area contributed by atoms with Gasteiger partial charge >= 0.3 is 17.9 Å². The number of carbonyl (C=O) groups is 3. The maximum absolute atomic E-state index is 12.8. The molecule has 0 amide bonds. The molecular weight excluding hydrogens is 781 g/mol. The third-order valence-electron chi connectivity index (χ3n) is 13.0. The third-order valence-corrected chi connectivity index (χ3v) is 13.0. The number of hydrogen-bond donors (Lipinski definition) is 0. The summed E-state index contributed by atoms with van der Waals surface area (Å²) in [7, 11) is 0. The number of hydrogen-bond acceptors (Lipinski definition) is 6. The molecule has 374 valence electrons. The number of esters is 3. The molecule has 0 radical (unpaired) electrons. The van der Waals surface area contributed by atoms with Crippen molar-refractivity contribution in [3.8, 4) is 0 Å². The zero-order chi connectivity index (χ0) is 46.1. The second-order valence-corrected chi connectivity index (χ2v) is 20.5. The predicted molar refractivity (Wildman–Crippen MR) is 270 cm³/mol. The van der Waals surface area contributed by atoms with Crippen LogP contribution in [0.4, 0.5) is 0 Å². The standard InChI is InChI=1S/C57H110O6/c1-6-7-8-9-10-11-12-13-14-15-16-17-18-21-25-28-33-39-44-49-57(60)63-54(51-62-56(59)48-43-38-34-29-31-36-41-46-53(4)5)50-61-55(58)47-42-37-32-27-24-22-19-20-23-26-30-35-40-45-52(2)3/h52-54H,6-51H2,1-5H3/t54-/m1/s1. The fourth-order valence-corrected chi connectivity index (χ4v) is 8.70. The van der Waals surface area contributed by atoms with Gasteiger partial charge in [0.2, 0.25) is 0 Å². The Labute approximate surface area is 393 Å². The van der Waals surface area contributed by atoms with Gasteiger partial charge in [-0.15, -0.1) is 0 Å². The molecule has 0 aliphatic rings. The first-order valence-electron chi connectivity index (χ1n) is 28.2. The highest BCUT2D eigenvalue weighted by Gasteiger charge is 2.19. The highest BCUT2D eigenvalue weighted by molar-refractivity contribution is 5.71. The Hall–Kier alpha value is -1.59. The van der Waals surface area contributed by atoms with Crippen LogP contribution in [-0.4, -0.2) is 37.2 Å². The molecule has 0 spiro atoms. The van der Waals surface area contributed by atoms with Crippen molar-refractivity contribution in [2.24, 2.45) is 11.8 Å². The lowest BCUT2D eigenvalue weighted by molar-refractivity contribution is -0.167. The summed E-state index contributed by atoms with van der Waals surface area (Å²) in [5.41, 5.74) is 0. The van der Waals surface area contributed by atoms with E-state index < -0.39 is 6.10 Å². The van der Waals surface area contributed by atoms with Crippen molar-refractivity contribution in [2.75, 3.05) is 13.2 Å². The molecule has 0 heterocycles. The Balaban J connectivity index is 4.25. The topological polar surface area (TPSA) is 78.9 Å². The van der Waals surface area contributed by atoms with E-state index in [4.69, 9.17) is 14.2 Å². The molecule has 0 rings (SSSR count). The first kappa shape index (κ1) is 61.4. The van der Waals surface area contributed by atoms with Crippen LogP contribution in [0.3, 0.4) is 0 Å². The van der Waals surface area contributed by atoms with Crippen molar-refractivity contribution in [3.63, 3.8) is 0 Å². The van der Waals surface area contributed by atoms with Gasteiger partial charge in [0.05, 0.1) is 0 Å². The summed E-state index contributed by atoms with van der Waals surface area (Å²) in [5, 5.41) is 0. The maximum atomic E-state index is 12.8. The van der Waals surface area contributed by atoms with Gasteiger partial charge in [-0.25, -0.2) is 0 Å². The van der Waals surface area contributed by atoms with Crippen molar-refractivity contribution in [2.45, 2.75) is 323 Å². The molecule has 0 aliphatic carbocycles. The van der Waals surface area contributed by atoms with Gasteiger partial charge < -0.3 is 14.2 Å². The van der Waals surface area contributed by atoms with Gasteiger partial charge in [0.25, 0.3) is 0 Å². The molecule has 0 bridgehead atoms. The summed E-state index contributed by atoms with van der Waals surface area (Å²) in [6.45, 7) is 11.4. The molecule has 0 aromatic rings. The van der Waals surface area contributed by atoms with E-state index in [0.29, 0.717) is 19.3 Å². The maximum Gasteiger partial charge on any atom is 0.306 e. The van der Waals surface area contributed by atoms with E-state index in [9.17, 15) is 14.4 Å². The minimum absolute atomic E-state index is 0.0637. The molecule has 1 atom stereocenters. The Bertz CT molecular complexity index is 962. The Morgan fingerprint density at radius 1 is 0.302 bits per heavy atom. The minimum atomic E-state index is -0.763. The molecule has 0 aromatic carbocycles. The number of unbranched alkanes of at least 4 members (excludes halogenated alkanes) is 36. The molecule has 63 heavy (non-hydrogen) atoms. The van der Waals surface area contributed by atoms with Crippen molar-refractivity contribution in [3.05, 3.63) is 0 Å². The normalized spacial score (nSPS) is 12.0. The van der Waals surface area contributed by atoms with Gasteiger partial charge in [-0.2, -0.15) is 0 Å². The van der Waals surface area contributed by atoms with Crippen LogP contribution in [-0.2, 0) is 28.6 Å². The SMILES string of the molecule is CCCCCCCCCCCCCCCCCCCCCC(=O)O[C@H](COC(=O)CCCCCCCCCCCCCCCC(C)C)COC(=O)CCCCCCCCCC(C)C. The van der Waals surface area contributed by atoms with E-state index in [1.54, 1.807) is 0 Å². The first-order chi connectivity index (χ1) is 30.7. The van der Waals surface area contributed by atoms with E-state index in [0.717, 1.165) is 69.6 Å². The van der Waals surface area contributed by atoms with Gasteiger partial charge in [0.15, 0.2) is 6.10 Å². The van der Waals surface area contributed by atoms with Gasteiger partial charge in [-0.05, 0) is 31.1 Å². The zero-order valence-electron chi connectivity index (χ0n) is 43.2. The van der Waals surface area contributed by atoms with Crippen LogP contribution in [0.25, 0.3) is 0 Å². The predicted octanol–water partition coefficient (Wildman–Crippen LogP) is 18.5. The minimum Gasteiger partial charge on any atom is -0.462 e. The number of ether oxygens (including phenoxy) is 3. The summed E-state index contributed by atoms with van der Waals surface area (Å²) < 4.78 is 16.8. The van der Waals surface area contributed by atoms with Crippen LogP contribution in [0, 0.1) is 11.8 Å².